The number of amides is 1. The molecule has 1 aliphatic rings. The molecule has 9 heteroatoms. The van der Waals surface area contributed by atoms with Gasteiger partial charge in [0.05, 0.1) is 31.7 Å². The first-order chi connectivity index (χ1) is 18.9. The highest BCUT2D eigenvalue weighted by Crippen LogP contribution is 2.39. The third-order valence-electron chi connectivity index (χ3n) is 6.73. The van der Waals surface area contributed by atoms with Gasteiger partial charge in [0, 0.05) is 25.5 Å². The van der Waals surface area contributed by atoms with Crippen molar-refractivity contribution in [3.63, 3.8) is 0 Å². The number of halogens is 2. The molecule has 3 aromatic carbocycles. The molecule has 1 amide bonds. The van der Waals surface area contributed by atoms with Crippen molar-refractivity contribution >= 4 is 29.1 Å². The van der Waals surface area contributed by atoms with E-state index in [1.54, 1.807) is 10.9 Å². The summed E-state index contributed by atoms with van der Waals surface area (Å²) in [7, 11) is 0. The Kier molecular flexibility index (Phi) is 8.65. The molecule has 0 saturated carbocycles. The van der Waals surface area contributed by atoms with Crippen LogP contribution in [0.15, 0.2) is 79.1 Å². The maximum absolute atomic E-state index is 11.3. The smallest absolute Gasteiger partial charge is 0.217 e. The molecular weight excluding hydrogens is 537 g/mol. The highest BCUT2D eigenvalue weighted by atomic mass is 35.5. The molecule has 1 aromatic heterocycles. The van der Waals surface area contributed by atoms with Gasteiger partial charge < -0.3 is 24.5 Å². The van der Waals surface area contributed by atoms with Gasteiger partial charge >= 0.3 is 0 Å². The molecular formula is C30H29Cl2N3O4. The highest BCUT2D eigenvalue weighted by Gasteiger charge is 2.33. The van der Waals surface area contributed by atoms with Gasteiger partial charge in [0.2, 0.25) is 5.91 Å². The number of benzene rings is 3. The van der Waals surface area contributed by atoms with E-state index in [-0.39, 0.29) is 29.9 Å². The van der Waals surface area contributed by atoms with E-state index in [0.29, 0.717) is 24.7 Å². The number of hydrogen-bond donors (Lipinski definition) is 2. The topological polar surface area (TPSA) is 85.6 Å². The Hall–Kier alpha value is -3.20. The minimum atomic E-state index is -0.593. The van der Waals surface area contributed by atoms with Gasteiger partial charge in [-0.15, -0.1) is 0 Å². The highest BCUT2D eigenvalue weighted by molar-refractivity contribution is 6.40. The van der Waals surface area contributed by atoms with Crippen molar-refractivity contribution < 1.29 is 19.4 Å². The standard InChI is InChI=1S/C30H29Cl2N3O4/c1-19(37)33-15-21-3-2-4-25(13-21)22-9-11-24(12-10-22)30-38-26(16-35-18-34-28(31)29(35)32)14-27(39-30)23-7-5-20(17-36)6-8-23/h2-13,18,26-27,30,36H,14-17H2,1H3,(H,33,37). The van der Waals surface area contributed by atoms with Crippen LogP contribution in [-0.4, -0.2) is 26.7 Å². The number of ether oxygens (including phenoxy) is 2. The van der Waals surface area contributed by atoms with Crippen LogP contribution in [0.5, 0.6) is 0 Å². The fourth-order valence-electron chi connectivity index (χ4n) is 4.64. The summed E-state index contributed by atoms with van der Waals surface area (Å²) >= 11 is 12.4. The molecule has 2 N–H and O–H groups in total. The number of nitrogens with zero attached hydrogens (tertiary/aromatic N) is 2. The first-order valence-corrected chi connectivity index (χ1v) is 13.5. The zero-order valence-corrected chi connectivity index (χ0v) is 22.9. The second kappa shape index (κ2) is 12.3. The van der Waals surface area contributed by atoms with Crippen molar-refractivity contribution in [3.05, 3.63) is 112 Å². The summed E-state index contributed by atoms with van der Waals surface area (Å²) in [6.45, 7) is 2.46. The van der Waals surface area contributed by atoms with Crippen molar-refractivity contribution in [1.29, 1.82) is 0 Å². The van der Waals surface area contributed by atoms with E-state index in [2.05, 4.69) is 16.4 Å². The second-order valence-corrected chi connectivity index (χ2v) is 10.3. The zero-order valence-electron chi connectivity index (χ0n) is 21.4. The molecule has 0 bridgehead atoms. The van der Waals surface area contributed by atoms with E-state index in [4.69, 9.17) is 32.7 Å². The average Bonchev–Trinajstić information content (AvgIpc) is 3.28. The minimum absolute atomic E-state index is 0.0114. The molecule has 1 fully saturated rings. The Balaban J connectivity index is 1.37. The third kappa shape index (κ3) is 6.69. The van der Waals surface area contributed by atoms with Gasteiger partial charge in [0.25, 0.3) is 0 Å². The maximum atomic E-state index is 11.3. The van der Waals surface area contributed by atoms with E-state index in [1.165, 1.54) is 6.92 Å². The first kappa shape index (κ1) is 27.4. The lowest BCUT2D eigenvalue weighted by Crippen LogP contribution is -2.32. The van der Waals surface area contributed by atoms with E-state index in [1.807, 2.05) is 66.7 Å². The number of nitrogens with one attached hydrogen (secondary N) is 1. The molecule has 2 heterocycles. The zero-order chi connectivity index (χ0) is 27.4. The average molecular weight is 566 g/mol. The SMILES string of the molecule is CC(=O)NCc1cccc(-c2ccc(C3OC(Cn4cnc(Cl)c4Cl)CC(c4ccc(CO)cc4)O3)cc2)c1. The lowest BCUT2D eigenvalue weighted by molar-refractivity contribution is -0.252. The first-order valence-electron chi connectivity index (χ1n) is 12.7. The van der Waals surface area contributed by atoms with Crippen molar-refractivity contribution in [2.45, 2.75) is 51.5 Å². The summed E-state index contributed by atoms with van der Waals surface area (Å²) in [5.74, 6) is -0.0587. The number of aromatic nitrogens is 2. The van der Waals surface area contributed by atoms with Gasteiger partial charge in [-0.05, 0) is 33.9 Å². The van der Waals surface area contributed by atoms with E-state index < -0.39 is 6.29 Å². The Labute approximate surface area is 237 Å². The van der Waals surface area contributed by atoms with Crippen molar-refractivity contribution in [2.75, 3.05) is 0 Å². The monoisotopic (exact) mass is 565 g/mol. The van der Waals surface area contributed by atoms with Crippen LogP contribution >= 0.6 is 23.2 Å². The van der Waals surface area contributed by atoms with Gasteiger partial charge in [0.15, 0.2) is 11.4 Å². The van der Waals surface area contributed by atoms with Crippen LogP contribution < -0.4 is 5.32 Å². The molecule has 0 radical (unpaired) electrons. The largest absolute Gasteiger partial charge is 0.392 e. The molecule has 3 unspecified atom stereocenters. The molecule has 7 nitrogen and oxygen atoms in total. The van der Waals surface area contributed by atoms with Gasteiger partial charge in [-0.3, -0.25) is 4.79 Å². The number of aliphatic hydroxyl groups excluding tert-OH is 1. The Morgan fingerprint density at radius 1 is 1.00 bits per heavy atom. The Bertz CT molecular complexity index is 1420. The van der Waals surface area contributed by atoms with Crippen LogP contribution in [0.1, 0.15) is 48.0 Å². The molecule has 1 aliphatic heterocycles. The summed E-state index contributed by atoms with van der Waals surface area (Å²) in [4.78, 5) is 15.4. The van der Waals surface area contributed by atoms with E-state index >= 15 is 0 Å². The van der Waals surface area contributed by atoms with E-state index in [0.717, 1.165) is 33.4 Å². The van der Waals surface area contributed by atoms with Crippen LogP contribution in [-0.2, 0) is 34.0 Å². The lowest BCUT2D eigenvalue weighted by atomic mass is 9.99. The normalized spacial score (nSPS) is 19.1. The lowest BCUT2D eigenvalue weighted by Gasteiger charge is -2.36. The van der Waals surface area contributed by atoms with Crippen LogP contribution in [0.4, 0.5) is 0 Å². The van der Waals surface area contributed by atoms with Gasteiger partial charge in [-0.1, -0.05) is 89.9 Å². The summed E-state index contributed by atoms with van der Waals surface area (Å²) in [6.07, 6.45) is 1.20. The number of hydrogen-bond acceptors (Lipinski definition) is 5. The van der Waals surface area contributed by atoms with Crippen molar-refractivity contribution in [2.24, 2.45) is 0 Å². The van der Waals surface area contributed by atoms with Crippen LogP contribution in [0.2, 0.25) is 10.3 Å². The maximum Gasteiger partial charge on any atom is 0.217 e. The summed E-state index contributed by atoms with van der Waals surface area (Å²) in [5.41, 5.74) is 5.88. The van der Waals surface area contributed by atoms with Crippen molar-refractivity contribution in [1.82, 2.24) is 14.9 Å². The summed E-state index contributed by atoms with van der Waals surface area (Å²) in [5, 5.41) is 12.9. The summed E-state index contributed by atoms with van der Waals surface area (Å²) in [6, 6.07) is 24.0. The molecule has 0 spiro atoms. The fourth-order valence-corrected chi connectivity index (χ4v) is 4.96. The van der Waals surface area contributed by atoms with E-state index in [9.17, 15) is 9.90 Å². The number of imidazole rings is 1. The Morgan fingerprint density at radius 3 is 2.41 bits per heavy atom. The second-order valence-electron chi connectivity index (χ2n) is 9.56. The van der Waals surface area contributed by atoms with Crippen LogP contribution in [0.25, 0.3) is 11.1 Å². The molecule has 0 aliphatic carbocycles. The molecule has 3 atom stereocenters. The van der Waals surface area contributed by atoms with Gasteiger partial charge in [0.1, 0.15) is 5.15 Å². The molecule has 39 heavy (non-hydrogen) atoms. The third-order valence-corrected chi connectivity index (χ3v) is 7.50. The molecule has 4 aromatic rings. The number of carbonyl (C=O) groups is 1. The fraction of sp³-hybridized carbons (Fsp3) is 0.267. The van der Waals surface area contributed by atoms with Gasteiger partial charge in [-0.2, -0.15) is 0 Å². The molecule has 202 valence electrons. The molecule has 1 saturated heterocycles. The van der Waals surface area contributed by atoms with Crippen LogP contribution in [0, 0.1) is 0 Å². The number of carbonyl (C=O) groups excluding carboxylic acids is 1. The predicted molar refractivity (Wildman–Crippen MR) is 150 cm³/mol. The van der Waals surface area contributed by atoms with Gasteiger partial charge in [-0.25, -0.2) is 4.98 Å². The van der Waals surface area contributed by atoms with Crippen LogP contribution in [0.3, 0.4) is 0 Å². The Morgan fingerprint density at radius 2 is 1.74 bits per heavy atom. The quantitative estimate of drug-likeness (QED) is 0.264. The van der Waals surface area contributed by atoms with Crippen molar-refractivity contribution in [3.8, 4) is 11.1 Å². The predicted octanol–water partition coefficient (Wildman–Crippen LogP) is 6.23. The number of rotatable bonds is 8. The minimum Gasteiger partial charge on any atom is -0.392 e. The summed E-state index contributed by atoms with van der Waals surface area (Å²) < 4.78 is 14.6. The number of aliphatic hydroxyl groups is 1. The molecule has 5 rings (SSSR count).